The van der Waals surface area contributed by atoms with E-state index in [2.05, 4.69) is 25.2 Å². The summed E-state index contributed by atoms with van der Waals surface area (Å²) in [5.41, 5.74) is 1.63. The third kappa shape index (κ3) is 3.72. The summed E-state index contributed by atoms with van der Waals surface area (Å²) in [6.45, 7) is 5.54. The van der Waals surface area contributed by atoms with Gasteiger partial charge in [0.1, 0.15) is 16.7 Å². The number of hydrogen-bond donors (Lipinski definition) is 2. The normalized spacial score (nSPS) is 16.0. The van der Waals surface area contributed by atoms with E-state index in [-0.39, 0.29) is 0 Å². The van der Waals surface area contributed by atoms with Gasteiger partial charge in [-0.2, -0.15) is 0 Å². The van der Waals surface area contributed by atoms with Crippen molar-refractivity contribution in [1.29, 1.82) is 0 Å². The first-order valence-corrected chi connectivity index (χ1v) is 7.40. The maximum atomic E-state index is 6.01. The van der Waals surface area contributed by atoms with Crippen LogP contribution in [0.4, 0.5) is 5.82 Å². The monoisotopic (exact) mass is 307 g/mol. The summed E-state index contributed by atoms with van der Waals surface area (Å²) in [7, 11) is 0. The molecule has 1 fully saturated rings. The van der Waals surface area contributed by atoms with Crippen molar-refractivity contribution in [3.05, 3.63) is 29.8 Å². The van der Waals surface area contributed by atoms with E-state index in [9.17, 15) is 0 Å². The molecular formula is C14H18ClN5O. The van der Waals surface area contributed by atoms with Gasteiger partial charge < -0.3 is 15.0 Å². The fourth-order valence-electron chi connectivity index (χ4n) is 2.29. The molecule has 0 aliphatic carbocycles. The second kappa shape index (κ2) is 6.89. The van der Waals surface area contributed by atoms with Gasteiger partial charge in [-0.15, -0.1) is 0 Å². The molecule has 1 aliphatic heterocycles. The van der Waals surface area contributed by atoms with Crippen LogP contribution in [-0.2, 0) is 4.74 Å². The number of hydrogen-bond acceptors (Lipinski definition) is 5. The summed E-state index contributed by atoms with van der Waals surface area (Å²) < 4.78 is 5.33. The third-order valence-corrected chi connectivity index (χ3v) is 3.76. The van der Waals surface area contributed by atoms with Gasteiger partial charge in [0.05, 0.1) is 19.5 Å². The molecule has 3 rings (SSSR count). The van der Waals surface area contributed by atoms with Crippen LogP contribution < -0.4 is 5.32 Å². The van der Waals surface area contributed by atoms with E-state index in [1.54, 1.807) is 12.5 Å². The van der Waals surface area contributed by atoms with Crippen LogP contribution in [0.3, 0.4) is 0 Å². The fraction of sp³-hybridized carbons (Fsp3) is 0.429. The first-order chi connectivity index (χ1) is 10.3. The molecule has 2 N–H and O–H groups in total. The van der Waals surface area contributed by atoms with Gasteiger partial charge >= 0.3 is 0 Å². The van der Waals surface area contributed by atoms with Crippen LogP contribution >= 0.6 is 11.6 Å². The fourth-order valence-corrected chi connectivity index (χ4v) is 2.49. The molecule has 0 bridgehead atoms. The minimum absolute atomic E-state index is 0.532. The highest BCUT2D eigenvalue weighted by Gasteiger charge is 2.10. The number of imidazole rings is 1. The average Bonchev–Trinajstić information content (AvgIpc) is 2.95. The predicted octanol–water partition coefficient (Wildman–Crippen LogP) is 1.87. The lowest BCUT2D eigenvalue weighted by molar-refractivity contribution is 0.0398. The second-order valence-electron chi connectivity index (χ2n) is 4.88. The molecule has 21 heavy (non-hydrogen) atoms. The van der Waals surface area contributed by atoms with Crippen LogP contribution in [-0.4, -0.2) is 59.2 Å². The predicted molar refractivity (Wildman–Crippen MR) is 82.6 cm³/mol. The zero-order valence-corrected chi connectivity index (χ0v) is 12.4. The topological polar surface area (TPSA) is 66.1 Å². The molecule has 0 spiro atoms. The minimum Gasteiger partial charge on any atom is -0.379 e. The quantitative estimate of drug-likeness (QED) is 0.883. The number of nitrogens with zero attached hydrogens (tertiary/aromatic N) is 3. The Bertz CT molecular complexity index is 565. The third-order valence-electron chi connectivity index (χ3n) is 3.47. The van der Waals surface area contributed by atoms with Crippen molar-refractivity contribution in [1.82, 2.24) is 19.9 Å². The van der Waals surface area contributed by atoms with E-state index in [1.165, 1.54) is 0 Å². The Labute approximate surface area is 128 Å². The molecule has 112 valence electrons. The highest BCUT2D eigenvalue weighted by molar-refractivity contribution is 6.31. The second-order valence-corrected chi connectivity index (χ2v) is 5.26. The molecule has 2 aromatic heterocycles. The Kier molecular flexibility index (Phi) is 4.69. The van der Waals surface area contributed by atoms with Crippen molar-refractivity contribution in [3.63, 3.8) is 0 Å². The SMILES string of the molecule is Clc1[nH]cnc1-c1ccc(NCCN2CCOCC2)nc1. The van der Waals surface area contributed by atoms with Gasteiger partial charge in [0.25, 0.3) is 0 Å². The van der Waals surface area contributed by atoms with Crippen molar-refractivity contribution in [2.24, 2.45) is 0 Å². The Morgan fingerprint density at radius 3 is 2.81 bits per heavy atom. The number of pyridine rings is 1. The van der Waals surface area contributed by atoms with E-state index < -0.39 is 0 Å². The first kappa shape index (κ1) is 14.3. The Morgan fingerprint density at radius 2 is 2.14 bits per heavy atom. The standard InChI is InChI=1S/C14H18ClN5O/c15-14-13(18-10-19-14)11-1-2-12(17-9-11)16-3-4-20-5-7-21-8-6-20/h1-2,9-10H,3-8H2,(H,16,17)(H,18,19). The van der Waals surface area contributed by atoms with Crippen molar-refractivity contribution in [3.8, 4) is 11.3 Å². The van der Waals surface area contributed by atoms with Crippen LogP contribution in [0.5, 0.6) is 0 Å². The maximum absolute atomic E-state index is 6.01. The molecule has 0 aromatic carbocycles. The van der Waals surface area contributed by atoms with Crippen molar-refractivity contribution in [2.45, 2.75) is 0 Å². The van der Waals surface area contributed by atoms with Gasteiger partial charge in [-0.3, -0.25) is 4.90 Å². The summed E-state index contributed by atoms with van der Waals surface area (Å²) in [5.74, 6) is 0.860. The smallest absolute Gasteiger partial charge is 0.134 e. The van der Waals surface area contributed by atoms with Crippen LogP contribution in [0.25, 0.3) is 11.3 Å². The van der Waals surface area contributed by atoms with E-state index in [0.29, 0.717) is 5.15 Å². The molecule has 6 nitrogen and oxygen atoms in total. The van der Waals surface area contributed by atoms with Gasteiger partial charge in [-0.25, -0.2) is 9.97 Å². The highest BCUT2D eigenvalue weighted by atomic mass is 35.5. The number of ether oxygens (including phenoxy) is 1. The average molecular weight is 308 g/mol. The zero-order chi connectivity index (χ0) is 14.5. The maximum Gasteiger partial charge on any atom is 0.134 e. The van der Waals surface area contributed by atoms with Gasteiger partial charge in [-0.05, 0) is 12.1 Å². The Hall–Kier alpha value is -1.63. The van der Waals surface area contributed by atoms with Crippen LogP contribution in [0.1, 0.15) is 0 Å². The summed E-state index contributed by atoms with van der Waals surface area (Å²) in [6, 6.07) is 3.91. The molecule has 2 aromatic rings. The molecular weight excluding hydrogens is 290 g/mol. The number of aromatic amines is 1. The van der Waals surface area contributed by atoms with Gasteiger partial charge in [0, 0.05) is 37.9 Å². The zero-order valence-electron chi connectivity index (χ0n) is 11.7. The number of anilines is 1. The molecule has 0 radical (unpaired) electrons. The molecule has 7 heteroatoms. The van der Waals surface area contributed by atoms with Crippen molar-refractivity contribution in [2.75, 3.05) is 44.7 Å². The summed E-state index contributed by atoms with van der Waals surface area (Å²) in [5, 5.41) is 3.86. The number of H-pyrrole nitrogens is 1. The molecule has 3 heterocycles. The highest BCUT2D eigenvalue weighted by Crippen LogP contribution is 2.23. The van der Waals surface area contributed by atoms with Crippen LogP contribution in [0.15, 0.2) is 24.7 Å². The number of nitrogens with one attached hydrogen (secondary N) is 2. The lowest BCUT2D eigenvalue weighted by atomic mass is 10.2. The number of morpholine rings is 1. The minimum atomic E-state index is 0.532. The molecule has 0 atom stereocenters. The van der Waals surface area contributed by atoms with Crippen molar-refractivity contribution < 1.29 is 4.74 Å². The summed E-state index contributed by atoms with van der Waals surface area (Å²) >= 11 is 6.01. The van der Waals surface area contributed by atoms with Crippen molar-refractivity contribution >= 4 is 17.4 Å². The van der Waals surface area contributed by atoms with Gasteiger partial charge in [0.15, 0.2) is 0 Å². The summed E-state index contributed by atoms with van der Waals surface area (Å²) in [6.07, 6.45) is 3.35. The molecule has 0 saturated carbocycles. The largest absolute Gasteiger partial charge is 0.379 e. The van der Waals surface area contributed by atoms with E-state index >= 15 is 0 Å². The van der Waals surface area contributed by atoms with E-state index in [4.69, 9.17) is 16.3 Å². The first-order valence-electron chi connectivity index (χ1n) is 7.02. The number of rotatable bonds is 5. The van der Waals surface area contributed by atoms with Gasteiger partial charge in [-0.1, -0.05) is 11.6 Å². The summed E-state index contributed by atoms with van der Waals surface area (Å²) in [4.78, 5) is 13.8. The lowest BCUT2D eigenvalue weighted by Crippen LogP contribution is -2.39. The molecule has 1 aliphatic rings. The van der Waals surface area contributed by atoms with Gasteiger partial charge in [0.2, 0.25) is 0 Å². The molecule has 0 amide bonds. The van der Waals surface area contributed by atoms with Crippen LogP contribution in [0.2, 0.25) is 5.15 Å². The van der Waals surface area contributed by atoms with Crippen LogP contribution in [0, 0.1) is 0 Å². The number of aromatic nitrogens is 3. The molecule has 1 saturated heterocycles. The Balaban J connectivity index is 1.51. The number of halogens is 1. The van der Waals surface area contributed by atoms with E-state index in [1.807, 2.05) is 12.1 Å². The molecule has 0 unspecified atom stereocenters. The van der Waals surface area contributed by atoms with E-state index in [0.717, 1.165) is 56.5 Å². The lowest BCUT2D eigenvalue weighted by Gasteiger charge is -2.26. The Morgan fingerprint density at radius 1 is 1.29 bits per heavy atom.